The maximum absolute atomic E-state index is 13.3. The molecule has 1 aliphatic carbocycles. The molecule has 108 valence electrons. The van der Waals surface area contributed by atoms with Gasteiger partial charge in [0.15, 0.2) is 0 Å². The zero-order valence-corrected chi connectivity index (χ0v) is 10.7. The van der Waals surface area contributed by atoms with Crippen molar-refractivity contribution >= 4 is 7.60 Å². The Labute approximate surface area is 103 Å². The van der Waals surface area contributed by atoms with Crippen LogP contribution in [0.3, 0.4) is 0 Å². The largest absolute Gasteiger partial charge is 0.778 e. The number of halogens is 4. The van der Waals surface area contributed by atoms with Gasteiger partial charge in [-0.1, -0.05) is 12.8 Å². The van der Waals surface area contributed by atoms with E-state index in [1.807, 2.05) is 0 Å². The Morgan fingerprint density at radius 1 is 1.28 bits per heavy atom. The van der Waals surface area contributed by atoms with E-state index < -0.39 is 45.1 Å². The lowest BCUT2D eigenvalue weighted by molar-refractivity contribution is -0.206. The standard InChI is InChI=1S/C10H17F4O3P/c11-8-4-1-2-5-9(8)17-18(15,16)7-3-6-10(12,13)14/h8-9H,1-7H2,(H,15,16)/p-1. The highest BCUT2D eigenvalue weighted by Crippen LogP contribution is 2.43. The Kier molecular flexibility index (Phi) is 5.62. The van der Waals surface area contributed by atoms with Gasteiger partial charge in [0.1, 0.15) is 13.8 Å². The summed E-state index contributed by atoms with van der Waals surface area (Å²) >= 11 is 0. The van der Waals surface area contributed by atoms with E-state index in [1.54, 1.807) is 0 Å². The summed E-state index contributed by atoms with van der Waals surface area (Å²) in [5.74, 6) is 0. The van der Waals surface area contributed by atoms with Crippen LogP contribution in [0, 0.1) is 0 Å². The van der Waals surface area contributed by atoms with Crippen LogP contribution in [0.25, 0.3) is 0 Å². The van der Waals surface area contributed by atoms with E-state index in [-0.39, 0.29) is 6.42 Å². The van der Waals surface area contributed by atoms with Crippen molar-refractivity contribution in [3.05, 3.63) is 0 Å². The first-order valence-corrected chi connectivity index (χ1v) is 7.62. The lowest BCUT2D eigenvalue weighted by Gasteiger charge is -2.33. The predicted octanol–water partition coefficient (Wildman–Crippen LogP) is 3.18. The van der Waals surface area contributed by atoms with E-state index in [0.717, 1.165) is 0 Å². The van der Waals surface area contributed by atoms with Crippen molar-refractivity contribution in [3.8, 4) is 0 Å². The van der Waals surface area contributed by atoms with Gasteiger partial charge in [-0.3, -0.25) is 0 Å². The van der Waals surface area contributed by atoms with E-state index >= 15 is 0 Å². The van der Waals surface area contributed by atoms with E-state index in [1.165, 1.54) is 0 Å². The Hall–Kier alpha value is -0.130. The molecule has 18 heavy (non-hydrogen) atoms. The molecule has 0 heterocycles. The van der Waals surface area contributed by atoms with E-state index in [2.05, 4.69) is 4.52 Å². The number of hydrogen-bond acceptors (Lipinski definition) is 3. The maximum atomic E-state index is 13.3. The van der Waals surface area contributed by atoms with Gasteiger partial charge < -0.3 is 14.0 Å². The molecule has 1 fully saturated rings. The molecule has 0 aromatic rings. The second-order valence-electron chi connectivity index (χ2n) is 4.50. The first kappa shape index (κ1) is 15.9. The van der Waals surface area contributed by atoms with Crippen LogP contribution in [0.1, 0.15) is 38.5 Å². The van der Waals surface area contributed by atoms with Crippen molar-refractivity contribution in [2.45, 2.75) is 57.0 Å². The molecule has 0 aliphatic heterocycles. The zero-order valence-electron chi connectivity index (χ0n) is 9.79. The summed E-state index contributed by atoms with van der Waals surface area (Å²) in [5, 5.41) is 0. The first-order chi connectivity index (χ1) is 8.20. The predicted molar refractivity (Wildman–Crippen MR) is 56.0 cm³/mol. The van der Waals surface area contributed by atoms with Gasteiger partial charge in [0.2, 0.25) is 0 Å². The van der Waals surface area contributed by atoms with Crippen molar-refractivity contribution in [3.63, 3.8) is 0 Å². The van der Waals surface area contributed by atoms with Crippen LogP contribution in [0.2, 0.25) is 0 Å². The smallest absolute Gasteiger partial charge is 0.389 e. The van der Waals surface area contributed by atoms with Crippen molar-refractivity contribution in [2.24, 2.45) is 0 Å². The van der Waals surface area contributed by atoms with Crippen LogP contribution in [0.15, 0.2) is 0 Å². The second-order valence-corrected chi connectivity index (χ2v) is 6.38. The Morgan fingerprint density at radius 2 is 1.89 bits per heavy atom. The molecular formula is C10H16F4O3P-. The minimum atomic E-state index is -4.38. The quantitative estimate of drug-likeness (QED) is 0.577. The van der Waals surface area contributed by atoms with Crippen LogP contribution < -0.4 is 4.89 Å². The summed E-state index contributed by atoms with van der Waals surface area (Å²) in [7, 11) is -4.37. The molecule has 0 amide bonds. The number of rotatable bonds is 5. The van der Waals surface area contributed by atoms with E-state index in [4.69, 9.17) is 0 Å². The molecule has 3 atom stereocenters. The van der Waals surface area contributed by atoms with Gasteiger partial charge in [-0.25, -0.2) is 4.39 Å². The fraction of sp³-hybridized carbons (Fsp3) is 1.00. The molecule has 3 unspecified atom stereocenters. The Balaban J connectivity index is 2.36. The highest BCUT2D eigenvalue weighted by molar-refractivity contribution is 7.51. The molecular weight excluding hydrogens is 275 g/mol. The molecule has 1 aliphatic rings. The van der Waals surface area contributed by atoms with Crippen LogP contribution in [-0.2, 0) is 9.09 Å². The summed E-state index contributed by atoms with van der Waals surface area (Å²) in [6, 6.07) is 0. The minimum absolute atomic E-state index is 0.243. The molecule has 1 saturated carbocycles. The van der Waals surface area contributed by atoms with E-state index in [9.17, 15) is 27.0 Å². The normalized spacial score (nSPS) is 28.9. The third-order valence-corrected chi connectivity index (χ3v) is 4.27. The summed E-state index contributed by atoms with van der Waals surface area (Å²) in [6.45, 7) is 0. The summed E-state index contributed by atoms with van der Waals surface area (Å²) in [4.78, 5) is 11.4. The lowest BCUT2D eigenvalue weighted by atomic mass is 9.96. The highest BCUT2D eigenvalue weighted by Gasteiger charge is 2.30. The first-order valence-electron chi connectivity index (χ1n) is 5.89. The van der Waals surface area contributed by atoms with Gasteiger partial charge in [-0.05, 0) is 19.3 Å². The van der Waals surface area contributed by atoms with Gasteiger partial charge in [0, 0.05) is 12.6 Å². The van der Waals surface area contributed by atoms with Gasteiger partial charge in [-0.15, -0.1) is 0 Å². The average Bonchev–Trinajstić information content (AvgIpc) is 2.18. The van der Waals surface area contributed by atoms with Gasteiger partial charge in [0.25, 0.3) is 0 Å². The number of alkyl halides is 4. The molecule has 0 radical (unpaired) electrons. The minimum Gasteiger partial charge on any atom is -0.778 e. The fourth-order valence-electron chi connectivity index (χ4n) is 1.90. The topological polar surface area (TPSA) is 49.4 Å². The third-order valence-electron chi connectivity index (χ3n) is 2.81. The molecule has 8 heteroatoms. The monoisotopic (exact) mass is 291 g/mol. The molecule has 0 saturated heterocycles. The second kappa shape index (κ2) is 6.35. The van der Waals surface area contributed by atoms with Gasteiger partial charge in [0.05, 0.1) is 6.10 Å². The molecule has 0 spiro atoms. The molecule has 0 N–H and O–H groups in total. The van der Waals surface area contributed by atoms with Crippen molar-refractivity contribution in [1.29, 1.82) is 0 Å². The van der Waals surface area contributed by atoms with Crippen LogP contribution in [0.5, 0.6) is 0 Å². The van der Waals surface area contributed by atoms with Crippen molar-refractivity contribution in [2.75, 3.05) is 6.16 Å². The van der Waals surface area contributed by atoms with Crippen LogP contribution in [0.4, 0.5) is 17.6 Å². The lowest BCUT2D eigenvalue weighted by Crippen LogP contribution is -2.30. The maximum Gasteiger partial charge on any atom is 0.389 e. The molecule has 3 nitrogen and oxygen atoms in total. The third kappa shape index (κ3) is 6.16. The summed E-state index contributed by atoms with van der Waals surface area (Å²) in [5.41, 5.74) is 0. The molecule has 1 rings (SSSR count). The average molecular weight is 291 g/mol. The zero-order chi connectivity index (χ0) is 13.8. The van der Waals surface area contributed by atoms with Crippen molar-refractivity contribution in [1.82, 2.24) is 0 Å². The summed E-state index contributed by atoms with van der Waals surface area (Å²) in [6.07, 6.45) is -7.27. The Morgan fingerprint density at radius 3 is 2.44 bits per heavy atom. The molecule has 0 aromatic carbocycles. The highest BCUT2D eigenvalue weighted by atomic mass is 31.2. The summed E-state index contributed by atoms with van der Waals surface area (Å²) < 4.78 is 65.0. The van der Waals surface area contributed by atoms with Gasteiger partial charge in [-0.2, -0.15) is 13.2 Å². The molecule has 0 bridgehead atoms. The fourth-order valence-corrected chi connectivity index (χ4v) is 3.20. The van der Waals surface area contributed by atoms with Crippen LogP contribution >= 0.6 is 7.60 Å². The van der Waals surface area contributed by atoms with Crippen molar-refractivity contribution < 1.29 is 31.5 Å². The van der Waals surface area contributed by atoms with Crippen LogP contribution in [-0.4, -0.2) is 24.6 Å². The molecule has 0 aromatic heterocycles. The van der Waals surface area contributed by atoms with E-state index in [0.29, 0.717) is 19.3 Å². The van der Waals surface area contributed by atoms with Gasteiger partial charge >= 0.3 is 6.18 Å². The SMILES string of the molecule is O=P([O-])(CCCC(F)(F)F)OC1CCCCC1F. The number of hydrogen-bond donors (Lipinski definition) is 0. The Bertz CT molecular complexity index is 308.